The molecule has 0 aromatic carbocycles. The van der Waals surface area contributed by atoms with Crippen LogP contribution in [0.1, 0.15) is 34.1 Å². The highest BCUT2D eigenvalue weighted by molar-refractivity contribution is 8.10. The second-order valence-corrected chi connectivity index (χ2v) is 8.97. The Morgan fingerprint density at radius 1 is 0.867 bits per heavy atom. The fraction of sp³-hybridized carbons (Fsp3) is 1.00. The third-order valence-corrected chi connectivity index (χ3v) is 8.97. The molecule has 0 radical (unpaired) electrons. The van der Waals surface area contributed by atoms with Gasteiger partial charge in [-0.2, -0.15) is 0 Å². The zero-order valence-corrected chi connectivity index (χ0v) is 10.7. The minimum atomic E-state index is -3.57. The van der Waals surface area contributed by atoms with E-state index in [0.29, 0.717) is 0 Å². The summed E-state index contributed by atoms with van der Waals surface area (Å²) in [5.74, 6) is -0.285. The molecule has 92 valence electrons. The molecule has 0 aromatic heterocycles. The van der Waals surface area contributed by atoms with Crippen LogP contribution in [0, 0.1) is 0 Å². The first-order chi connectivity index (χ1) is 6.18. The maximum absolute atomic E-state index is 11.7. The maximum Gasteiger partial charge on any atom is 0.187 e. The van der Waals surface area contributed by atoms with Crippen molar-refractivity contribution in [3.63, 3.8) is 0 Å². The Hall–Kier alpha value is 0.432. The molecule has 0 aromatic rings. The molecule has 0 heterocycles. The predicted molar refractivity (Wildman–Crippen MR) is 67.6 cm³/mol. The van der Waals surface area contributed by atoms with Crippen LogP contribution in [-0.2, 0) is 19.7 Å². The van der Waals surface area contributed by atoms with Crippen LogP contribution in [-0.4, -0.2) is 49.8 Å². The molecule has 0 aliphatic carbocycles. The molecule has 0 fully saturated rings. The van der Waals surface area contributed by atoms with Gasteiger partial charge < -0.3 is 0 Å². The zero-order valence-electron chi connectivity index (χ0n) is 9.07. The van der Waals surface area contributed by atoms with Crippen LogP contribution in [0.2, 0.25) is 0 Å². The Labute approximate surface area is 103 Å². The van der Waals surface area contributed by atoms with Crippen LogP contribution in [0.15, 0.2) is 0 Å². The highest BCUT2D eigenvalue weighted by atomic mass is 32.3. The van der Waals surface area contributed by atoms with Gasteiger partial charge in [-0.1, -0.05) is 20.8 Å². The summed E-state index contributed by atoms with van der Waals surface area (Å²) in [4.78, 5) is 0. The number of hydrogen-bond donors (Lipinski definition) is 0. The van der Waals surface area contributed by atoms with E-state index in [1.807, 2.05) is 0 Å². The van der Waals surface area contributed by atoms with Gasteiger partial charge in [0.05, 0.1) is 0 Å². The minimum Gasteiger partial charge on any atom is -0.227 e. The monoisotopic (exact) mass is 272 g/mol. The molecule has 0 saturated carbocycles. The van der Waals surface area contributed by atoms with Crippen LogP contribution >= 0.6 is 0 Å². The lowest BCUT2D eigenvalue weighted by Crippen LogP contribution is -2.44. The molecule has 15 heavy (non-hydrogen) atoms. The number of hydrogen-bond acceptors (Lipinski definition) is 4. The Bertz CT molecular complexity index is 349. The summed E-state index contributed by atoms with van der Waals surface area (Å²) in [6, 6.07) is 0. The highest BCUT2D eigenvalue weighted by Gasteiger charge is 2.47. The van der Waals surface area contributed by atoms with Crippen LogP contribution in [0.3, 0.4) is 0 Å². The second-order valence-electron chi connectivity index (χ2n) is 3.29. The van der Waals surface area contributed by atoms with Crippen molar-refractivity contribution in [1.82, 2.24) is 0 Å². The molecule has 0 atom stereocenters. The molecule has 0 saturated heterocycles. The molecule has 0 bridgehead atoms. The van der Waals surface area contributed by atoms with Crippen molar-refractivity contribution < 1.29 is 16.8 Å². The van der Waals surface area contributed by atoms with Crippen molar-refractivity contribution in [1.29, 1.82) is 0 Å². The topological polar surface area (TPSA) is 68.3 Å². The fourth-order valence-electron chi connectivity index (χ4n) is 1.24. The molecule has 0 rings (SSSR count). The Morgan fingerprint density at radius 3 is 1.27 bits per heavy atom. The van der Waals surface area contributed by atoms with Gasteiger partial charge >= 0.3 is 0 Å². The lowest BCUT2D eigenvalue weighted by atomic mass is 10.4. The largest absolute Gasteiger partial charge is 0.227 e. The highest BCUT2D eigenvalue weighted by Crippen LogP contribution is 2.29. The lowest BCUT2D eigenvalue weighted by molar-refractivity contribution is 0.543. The average molecular weight is 272 g/mol. The summed E-state index contributed by atoms with van der Waals surface area (Å²) < 4.78 is 45.1. The van der Waals surface area contributed by atoms with E-state index < -0.39 is 23.8 Å². The van der Waals surface area contributed by atoms with E-state index in [9.17, 15) is 16.8 Å². The van der Waals surface area contributed by atoms with Gasteiger partial charge in [-0.05, 0) is 13.3 Å². The molecule has 4 nitrogen and oxygen atoms in total. The van der Waals surface area contributed by atoms with E-state index in [-0.39, 0.29) is 35.3 Å². The summed E-state index contributed by atoms with van der Waals surface area (Å²) in [6.45, 7) is 5.81. The van der Waals surface area contributed by atoms with Gasteiger partial charge in [0.2, 0.25) is 0 Å². The smallest absolute Gasteiger partial charge is 0.187 e. The molecular weight excluding hydrogens is 251 g/mol. The quantitative estimate of drug-likeness (QED) is 0.650. The third-order valence-electron chi connectivity index (χ3n) is 2.72. The SMILES string of the molecule is CCC(C)(S(=O)(=O)CC)S(=O)(=O)CC.[AlH3]. The van der Waals surface area contributed by atoms with Gasteiger partial charge in [0, 0.05) is 11.5 Å². The van der Waals surface area contributed by atoms with E-state index in [1.54, 1.807) is 6.92 Å². The lowest BCUT2D eigenvalue weighted by Gasteiger charge is -2.26. The fourth-order valence-corrected chi connectivity index (χ4v) is 5.60. The van der Waals surface area contributed by atoms with Gasteiger partial charge in [-0.15, -0.1) is 0 Å². The van der Waals surface area contributed by atoms with Crippen LogP contribution in [0.25, 0.3) is 0 Å². The summed E-state index contributed by atoms with van der Waals surface area (Å²) in [6.07, 6.45) is 0.0966. The van der Waals surface area contributed by atoms with Crippen molar-refractivity contribution in [2.45, 2.75) is 38.2 Å². The molecule has 0 unspecified atom stereocenters. The van der Waals surface area contributed by atoms with Gasteiger partial charge in [-0.3, -0.25) is 0 Å². The molecule has 0 N–H and O–H groups in total. The first kappa shape index (κ1) is 17.8. The van der Waals surface area contributed by atoms with Crippen molar-refractivity contribution >= 4 is 37.0 Å². The standard InChI is InChI=1S/C8H18O4S2.Al.3H/c1-5-8(4,13(9,10)6-2)14(11,12)7-3;;;;/h5-7H2,1-4H3;;;;. The van der Waals surface area contributed by atoms with Gasteiger partial charge in [0.15, 0.2) is 41.1 Å². The normalized spacial score (nSPS) is 13.3. The molecular formula is C8H21AlO4S2. The summed E-state index contributed by atoms with van der Waals surface area (Å²) in [7, 11) is -7.14. The second kappa shape index (κ2) is 5.67. The Kier molecular flexibility index (Phi) is 6.73. The molecule has 7 heteroatoms. The van der Waals surface area contributed by atoms with E-state index in [4.69, 9.17) is 0 Å². The van der Waals surface area contributed by atoms with Crippen LogP contribution in [0.4, 0.5) is 0 Å². The number of sulfone groups is 2. The van der Waals surface area contributed by atoms with Crippen LogP contribution < -0.4 is 0 Å². The zero-order chi connectivity index (χ0) is 11.6. The van der Waals surface area contributed by atoms with Crippen LogP contribution in [0.5, 0.6) is 0 Å². The Balaban J connectivity index is 0. The third kappa shape index (κ3) is 2.96. The van der Waals surface area contributed by atoms with E-state index in [0.717, 1.165) is 0 Å². The molecule has 0 aliphatic rings. The van der Waals surface area contributed by atoms with E-state index in [2.05, 4.69) is 0 Å². The summed E-state index contributed by atoms with van der Waals surface area (Å²) in [5, 5.41) is 0. The van der Waals surface area contributed by atoms with E-state index >= 15 is 0 Å². The van der Waals surface area contributed by atoms with Gasteiger partial charge in [0.25, 0.3) is 0 Å². The minimum absolute atomic E-state index is 0. The first-order valence-electron chi connectivity index (χ1n) is 4.63. The molecule has 0 amide bonds. The molecule has 0 spiro atoms. The summed E-state index contributed by atoms with van der Waals surface area (Å²) in [5.41, 5.74) is 0. The van der Waals surface area contributed by atoms with Gasteiger partial charge in [0.1, 0.15) is 0 Å². The number of rotatable bonds is 5. The van der Waals surface area contributed by atoms with E-state index in [1.165, 1.54) is 20.8 Å². The maximum atomic E-state index is 11.7. The average Bonchev–Trinajstić information content (AvgIpc) is 2.15. The first-order valence-corrected chi connectivity index (χ1v) is 7.93. The Morgan fingerprint density at radius 2 is 1.13 bits per heavy atom. The van der Waals surface area contributed by atoms with Crippen molar-refractivity contribution in [3.8, 4) is 0 Å². The van der Waals surface area contributed by atoms with Gasteiger partial charge in [-0.25, -0.2) is 16.8 Å². The van der Waals surface area contributed by atoms with Crippen molar-refractivity contribution in [3.05, 3.63) is 0 Å². The molecule has 0 aliphatic heterocycles. The predicted octanol–water partition coefficient (Wildman–Crippen LogP) is -0.202. The summed E-state index contributed by atoms with van der Waals surface area (Å²) >= 11 is 0. The van der Waals surface area contributed by atoms with Crippen molar-refractivity contribution in [2.24, 2.45) is 0 Å². The van der Waals surface area contributed by atoms with Crippen molar-refractivity contribution in [2.75, 3.05) is 11.5 Å².